The van der Waals surface area contributed by atoms with Crippen molar-refractivity contribution in [2.75, 3.05) is 5.32 Å². The van der Waals surface area contributed by atoms with Crippen LogP contribution in [0.1, 0.15) is 21.7 Å². The van der Waals surface area contributed by atoms with Gasteiger partial charge in [0, 0.05) is 10.7 Å². The molecule has 2 heterocycles. The summed E-state index contributed by atoms with van der Waals surface area (Å²) in [5.74, 6) is 0.271. The average molecular weight is 306 g/mol. The number of rotatable bonds is 2. The van der Waals surface area contributed by atoms with Gasteiger partial charge in [-0.1, -0.05) is 6.07 Å². The zero-order valence-electron chi connectivity index (χ0n) is 10.1. The lowest BCUT2D eigenvalue weighted by molar-refractivity contribution is 0.102. The number of anilines is 1. The third kappa shape index (κ3) is 2.73. The van der Waals surface area contributed by atoms with E-state index in [9.17, 15) is 4.79 Å². The Bertz CT molecular complexity index is 599. The monoisotopic (exact) mass is 305 g/mol. The number of amides is 1. The van der Waals surface area contributed by atoms with Crippen molar-refractivity contribution in [1.29, 1.82) is 0 Å². The maximum absolute atomic E-state index is 12.0. The highest BCUT2D eigenvalue weighted by atomic mass is 79.9. The zero-order valence-corrected chi connectivity index (χ0v) is 11.7. The van der Waals surface area contributed by atoms with E-state index in [4.69, 9.17) is 0 Å². The topological polar surface area (TPSA) is 54.9 Å². The van der Waals surface area contributed by atoms with Crippen molar-refractivity contribution in [2.24, 2.45) is 0 Å². The molecule has 0 atom stereocenters. The van der Waals surface area contributed by atoms with E-state index in [0.29, 0.717) is 11.5 Å². The van der Waals surface area contributed by atoms with Crippen LogP contribution in [0.3, 0.4) is 0 Å². The molecule has 0 aliphatic heterocycles. The molecule has 1 amide bonds. The molecule has 0 radical (unpaired) electrons. The summed E-state index contributed by atoms with van der Waals surface area (Å²) >= 11 is 3.36. The summed E-state index contributed by atoms with van der Waals surface area (Å²) in [4.78, 5) is 20.3. The van der Waals surface area contributed by atoms with Crippen molar-refractivity contribution in [3.05, 3.63) is 51.9 Å². The first-order valence-electron chi connectivity index (χ1n) is 5.44. The number of nitrogens with one attached hydrogen (secondary N) is 1. The lowest BCUT2D eigenvalue weighted by Crippen LogP contribution is -2.16. The number of halogens is 1. The molecule has 4 nitrogen and oxygen atoms in total. The minimum absolute atomic E-state index is 0.248. The summed E-state index contributed by atoms with van der Waals surface area (Å²) in [5, 5.41) is 2.73. The van der Waals surface area contributed by atoms with Crippen LogP contribution in [-0.4, -0.2) is 15.9 Å². The number of nitrogens with zero attached hydrogens (tertiary/aromatic N) is 2. The first-order valence-corrected chi connectivity index (χ1v) is 6.23. The van der Waals surface area contributed by atoms with E-state index in [1.165, 1.54) is 0 Å². The lowest BCUT2D eigenvalue weighted by atomic mass is 10.2. The molecule has 5 heteroatoms. The zero-order chi connectivity index (χ0) is 13.1. The number of carbonyl (C=O) groups is 1. The van der Waals surface area contributed by atoms with E-state index in [0.717, 1.165) is 15.7 Å². The molecule has 0 unspecified atom stereocenters. The number of pyridine rings is 2. The van der Waals surface area contributed by atoms with E-state index in [-0.39, 0.29) is 5.91 Å². The Morgan fingerprint density at radius 3 is 2.72 bits per heavy atom. The van der Waals surface area contributed by atoms with E-state index in [1.807, 2.05) is 26.0 Å². The van der Waals surface area contributed by atoms with Crippen molar-refractivity contribution in [3.8, 4) is 0 Å². The normalized spacial score (nSPS) is 10.2. The highest BCUT2D eigenvalue weighted by molar-refractivity contribution is 9.10. The van der Waals surface area contributed by atoms with Crippen LogP contribution >= 0.6 is 15.9 Å². The molecular formula is C13H12BrN3O. The van der Waals surface area contributed by atoms with Gasteiger partial charge in [-0.25, -0.2) is 4.98 Å². The van der Waals surface area contributed by atoms with Gasteiger partial charge in [0.2, 0.25) is 0 Å². The van der Waals surface area contributed by atoms with Gasteiger partial charge in [0.25, 0.3) is 5.91 Å². The maximum Gasteiger partial charge on any atom is 0.275 e. The molecule has 0 aliphatic carbocycles. The Morgan fingerprint density at radius 2 is 2.06 bits per heavy atom. The Morgan fingerprint density at radius 1 is 1.28 bits per heavy atom. The molecule has 0 aliphatic rings. The van der Waals surface area contributed by atoms with Gasteiger partial charge in [-0.2, -0.15) is 0 Å². The van der Waals surface area contributed by atoms with E-state index in [1.54, 1.807) is 18.3 Å². The van der Waals surface area contributed by atoms with Crippen LogP contribution in [0.4, 0.5) is 5.82 Å². The van der Waals surface area contributed by atoms with Gasteiger partial charge in [0.1, 0.15) is 11.5 Å². The molecule has 0 aromatic carbocycles. The second-order valence-corrected chi connectivity index (χ2v) is 4.74. The van der Waals surface area contributed by atoms with Crippen LogP contribution in [0.2, 0.25) is 0 Å². The molecule has 0 spiro atoms. The number of aryl methyl sites for hydroxylation is 2. The molecular weight excluding hydrogens is 294 g/mol. The van der Waals surface area contributed by atoms with Crippen molar-refractivity contribution in [2.45, 2.75) is 13.8 Å². The molecule has 0 bridgehead atoms. The fourth-order valence-corrected chi connectivity index (χ4v) is 1.73. The molecule has 0 fully saturated rings. The van der Waals surface area contributed by atoms with E-state index in [2.05, 4.69) is 31.2 Å². The van der Waals surface area contributed by atoms with Crippen LogP contribution in [0.15, 0.2) is 34.9 Å². The molecule has 18 heavy (non-hydrogen) atoms. The smallest absolute Gasteiger partial charge is 0.275 e. The van der Waals surface area contributed by atoms with Gasteiger partial charge in [-0.05, 0) is 53.5 Å². The van der Waals surface area contributed by atoms with Crippen LogP contribution in [0, 0.1) is 13.8 Å². The van der Waals surface area contributed by atoms with Crippen LogP contribution in [-0.2, 0) is 0 Å². The third-order valence-corrected chi connectivity index (χ3v) is 3.33. The minimum Gasteiger partial charge on any atom is -0.305 e. The second-order valence-electron chi connectivity index (χ2n) is 3.89. The highest BCUT2D eigenvalue weighted by Crippen LogP contribution is 2.16. The van der Waals surface area contributed by atoms with Gasteiger partial charge in [0.15, 0.2) is 0 Å². The maximum atomic E-state index is 12.0. The van der Waals surface area contributed by atoms with Crippen molar-refractivity contribution in [3.63, 3.8) is 0 Å². The van der Waals surface area contributed by atoms with E-state index >= 15 is 0 Å². The largest absolute Gasteiger partial charge is 0.305 e. The Labute approximate surface area is 114 Å². The standard InChI is InChI=1S/C13H12BrN3O/c1-8-4-3-7-15-12(8)13(18)17-11-6-5-10(14)9(2)16-11/h3-7H,1-2H3,(H,16,17,18). The second kappa shape index (κ2) is 5.27. The number of hydrogen-bond donors (Lipinski definition) is 1. The fraction of sp³-hybridized carbons (Fsp3) is 0.154. The van der Waals surface area contributed by atoms with Gasteiger partial charge >= 0.3 is 0 Å². The number of hydrogen-bond acceptors (Lipinski definition) is 3. The summed E-state index contributed by atoms with van der Waals surface area (Å²) in [5.41, 5.74) is 2.08. The minimum atomic E-state index is -0.248. The summed E-state index contributed by atoms with van der Waals surface area (Å²) in [6.45, 7) is 3.72. The van der Waals surface area contributed by atoms with Crippen LogP contribution in [0.25, 0.3) is 0 Å². The van der Waals surface area contributed by atoms with Crippen molar-refractivity contribution in [1.82, 2.24) is 9.97 Å². The Hall–Kier alpha value is -1.75. The van der Waals surface area contributed by atoms with Crippen molar-refractivity contribution >= 4 is 27.7 Å². The lowest BCUT2D eigenvalue weighted by Gasteiger charge is -2.07. The Balaban J connectivity index is 2.22. The van der Waals surface area contributed by atoms with Crippen LogP contribution in [0.5, 0.6) is 0 Å². The quantitative estimate of drug-likeness (QED) is 0.927. The molecule has 2 rings (SSSR count). The number of carbonyl (C=O) groups excluding carboxylic acids is 1. The van der Waals surface area contributed by atoms with Gasteiger partial charge in [-0.3, -0.25) is 9.78 Å². The first-order chi connectivity index (χ1) is 8.58. The molecule has 1 N–H and O–H groups in total. The highest BCUT2D eigenvalue weighted by Gasteiger charge is 2.11. The molecule has 92 valence electrons. The molecule has 0 saturated carbocycles. The van der Waals surface area contributed by atoms with Gasteiger partial charge in [-0.15, -0.1) is 0 Å². The number of aromatic nitrogens is 2. The molecule has 0 saturated heterocycles. The Kier molecular flexibility index (Phi) is 3.72. The van der Waals surface area contributed by atoms with E-state index < -0.39 is 0 Å². The predicted octanol–water partition coefficient (Wildman–Crippen LogP) is 3.11. The van der Waals surface area contributed by atoms with Gasteiger partial charge < -0.3 is 5.32 Å². The SMILES string of the molecule is Cc1cccnc1C(=O)Nc1ccc(Br)c(C)n1. The summed E-state index contributed by atoms with van der Waals surface area (Å²) < 4.78 is 0.912. The fourth-order valence-electron chi connectivity index (χ4n) is 1.51. The molecule has 2 aromatic heterocycles. The predicted molar refractivity (Wildman–Crippen MR) is 73.6 cm³/mol. The summed E-state index contributed by atoms with van der Waals surface area (Å²) in [7, 11) is 0. The summed E-state index contributed by atoms with van der Waals surface area (Å²) in [6, 6.07) is 7.24. The first kappa shape index (κ1) is 12.7. The van der Waals surface area contributed by atoms with Gasteiger partial charge in [0.05, 0.1) is 5.69 Å². The van der Waals surface area contributed by atoms with Crippen LogP contribution < -0.4 is 5.32 Å². The van der Waals surface area contributed by atoms with Crippen molar-refractivity contribution < 1.29 is 4.79 Å². The third-order valence-electron chi connectivity index (χ3n) is 2.49. The summed E-state index contributed by atoms with van der Waals surface area (Å²) in [6.07, 6.45) is 1.60. The average Bonchev–Trinajstić information content (AvgIpc) is 2.34. The molecule has 2 aromatic rings.